The number of benzene rings is 1. The summed E-state index contributed by atoms with van der Waals surface area (Å²) in [5.74, 6) is 0.0174. The lowest BCUT2D eigenvalue weighted by molar-refractivity contribution is -0.145. The van der Waals surface area contributed by atoms with Crippen molar-refractivity contribution in [1.29, 1.82) is 0 Å². The van der Waals surface area contributed by atoms with E-state index in [0.29, 0.717) is 12.5 Å². The lowest BCUT2D eigenvalue weighted by Gasteiger charge is -2.06. The highest BCUT2D eigenvalue weighted by atomic mass is 16.6. The molecule has 4 nitrogen and oxygen atoms in total. The monoisotopic (exact) mass is 257 g/mol. The molecule has 1 aromatic heterocycles. The summed E-state index contributed by atoms with van der Waals surface area (Å²) >= 11 is 0. The topological polar surface area (TPSA) is 48.4 Å². The molecule has 0 fully saturated rings. The lowest BCUT2D eigenvalue weighted by Crippen LogP contribution is -2.15. The van der Waals surface area contributed by atoms with Crippen molar-refractivity contribution in [2.75, 3.05) is 13.2 Å². The van der Waals surface area contributed by atoms with Gasteiger partial charge in [-0.25, -0.2) is 9.78 Å². The molecular weight excluding hydrogens is 242 g/mol. The van der Waals surface area contributed by atoms with Gasteiger partial charge in [-0.3, -0.25) is 0 Å². The summed E-state index contributed by atoms with van der Waals surface area (Å²) in [5.41, 5.74) is 1.81. The molecular formula is C15H15NO3. The van der Waals surface area contributed by atoms with E-state index in [1.165, 1.54) is 0 Å². The Kier molecular flexibility index (Phi) is 4.50. The summed E-state index contributed by atoms with van der Waals surface area (Å²) in [6, 6.07) is 15.2. The van der Waals surface area contributed by atoms with Gasteiger partial charge in [0.05, 0.1) is 12.3 Å². The zero-order valence-corrected chi connectivity index (χ0v) is 10.7. The second kappa shape index (κ2) is 6.54. The van der Waals surface area contributed by atoms with Gasteiger partial charge in [0.25, 0.3) is 0 Å². The van der Waals surface area contributed by atoms with Crippen LogP contribution in [0.5, 0.6) is 5.88 Å². The molecule has 2 rings (SSSR count). The molecule has 1 heterocycles. The first-order chi connectivity index (χ1) is 9.29. The van der Waals surface area contributed by atoms with Crippen molar-refractivity contribution >= 4 is 5.97 Å². The molecule has 0 unspecified atom stereocenters. The number of nitrogens with zero attached hydrogens (tertiary/aromatic N) is 1. The van der Waals surface area contributed by atoms with Crippen LogP contribution in [0.4, 0.5) is 0 Å². The predicted octanol–water partition coefficient (Wildman–Crippen LogP) is 2.69. The van der Waals surface area contributed by atoms with Crippen LogP contribution in [0.15, 0.2) is 48.5 Å². The number of hydrogen-bond donors (Lipinski definition) is 0. The Labute approximate surface area is 112 Å². The molecule has 0 amide bonds. The highest BCUT2D eigenvalue weighted by molar-refractivity contribution is 5.71. The number of hydrogen-bond acceptors (Lipinski definition) is 4. The van der Waals surface area contributed by atoms with Gasteiger partial charge in [-0.1, -0.05) is 36.4 Å². The first kappa shape index (κ1) is 13.1. The minimum absolute atomic E-state index is 0.126. The smallest absolute Gasteiger partial charge is 0.344 e. The average molecular weight is 257 g/mol. The summed E-state index contributed by atoms with van der Waals surface area (Å²) in [6.45, 7) is 1.98. The maximum Gasteiger partial charge on any atom is 0.344 e. The number of rotatable bonds is 5. The third-order valence-corrected chi connectivity index (χ3v) is 2.44. The van der Waals surface area contributed by atoms with Gasteiger partial charge in [0.1, 0.15) is 0 Å². The van der Waals surface area contributed by atoms with Gasteiger partial charge in [-0.05, 0) is 13.0 Å². The Balaban J connectivity index is 2.06. The van der Waals surface area contributed by atoms with Gasteiger partial charge in [0.15, 0.2) is 6.61 Å². The van der Waals surface area contributed by atoms with Crippen molar-refractivity contribution in [1.82, 2.24) is 4.98 Å². The van der Waals surface area contributed by atoms with Crippen LogP contribution in [0.25, 0.3) is 11.3 Å². The maximum absolute atomic E-state index is 11.2. The third-order valence-electron chi connectivity index (χ3n) is 2.44. The second-order valence-electron chi connectivity index (χ2n) is 3.82. The third kappa shape index (κ3) is 3.81. The molecule has 0 bridgehead atoms. The maximum atomic E-state index is 11.2. The fourth-order valence-electron chi connectivity index (χ4n) is 1.60. The predicted molar refractivity (Wildman–Crippen MR) is 71.8 cm³/mol. The minimum atomic E-state index is -0.394. The number of pyridine rings is 1. The van der Waals surface area contributed by atoms with Crippen LogP contribution in [0.2, 0.25) is 0 Å². The van der Waals surface area contributed by atoms with Crippen LogP contribution in [0.3, 0.4) is 0 Å². The van der Waals surface area contributed by atoms with Crippen molar-refractivity contribution in [2.45, 2.75) is 6.92 Å². The molecule has 0 aliphatic rings. The van der Waals surface area contributed by atoms with Crippen molar-refractivity contribution in [3.63, 3.8) is 0 Å². The van der Waals surface area contributed by atoms with E-state index in [9.17, 15) is 4.79 Å². The Morgan fingerprint density at radius 1 is 1.11 bits per heavy atom. The molecule has 0 N–H and O–H groups in total. The molecule has 0 radical (unpaired) electrons. The van der Waals surface area contributed by atoms with E-state index >= 15 is 0 Å². The van der Waals surface area contributed by atoms with Crippen LogP contribution in [0, 0.1) is 0 Å². The molecule has 98 valence electrons. The van der Waals surface area contributed by atoms with E-state index in [1.807, 2.05) is 42.5 Å². The molecule has 0 spiro atoms. The van der Waals surface area contributed by atoms with E-state index in [0.717, 1.165) is 11.3 Å². The van der Waals surface area contributed by atoms with E-state index < -0.39 is 5.97 Å². The van der Waals surface area contributed by atoms with Crippen molar-refractivity contribution in [3.05, 3.63) is 48.5 Å². The van der Waals surface area contributed by atoms with Crippen molar-refractivity contribution in [3.8, 4) is 17.1 Å². The highest BCUT2D eigenvalue weighted by Gasteiger charge is 2.05. The highest BCUT2D eigenvalue weighted by Crippen LogP contribution is 2.19. The molecule has 1 aromatic carbocycles. The molecule has 0 aliphatic heterocycles. The van der Waals surface area contributed by atoms with Crippen LogP contribution >= 0.6 is 0 Å². The molecule has 4 heteroatoms. The van der Waals surface area contributed by atoms with Gasteiger partial charge < -0.3 is 9.47 Å². The van der Waals surface area contributed by atoms with E-state index in [-0.39, 0.29) is 6.61 Å². The van der Waals surface area contributed by atoms with E-state index in [2.05, 4.69) is 4.98 Å². The van der Waals surface area contributed by atoms with Gasteiger partial charge in [0.2, 0.25) is 5.88 Å². The standard InChI is InChI=1S/C15H15NO3/c1-2-18-15(17)11-19-14-10-6-9-13(16-14)12-7-4-3-5-8-12/h3-10H,2,11H2,1H3. The van der Waals surface area contributed by atoms with Gasteiger partial charge in [-0.15, -0.1) is 0 Å². The fraction of sp³-hybridized carbons (Fsp3) is 0.200. The number of carbonyl (C=O) groups is 1. The quantitative estimate of drug-likeness (QED) is 0.773. The van der Waals surface area contributed by atoms with E-state index in [4.69, 9.17) is 9.47 Å². The minimum Gasteiger partial charge on any atom is -0.466 e. The van der Waals surface area contributed by atoms with Crippen molar-refractivity contribution < 1.29 is 14.3 Å². The number of esters is 1. The van der Waals surface area contributed by atoms with Crippen LogP contribution in [-0.4, -0.2) is 24.2 Å². The summed E-state index contributed by atoms with van der Waals surface area (Å²) < 4.78 is 10.1. The molecule has 0 atom stereocenters. The average Bonchev–Trinajstić information content (AvgIpc) is 2.47. The number of carbonyl (C=O) groups excluding carboxylic acids is 1. The molecule has 0 aliphatic carbocycles. The Morgan fingerprint density at radius 3 is 2.63 bits per heavy atom. The zero-order valence-electron chi connectivity index (χ0n) is 10.7. The SMILES string of the molecule is CCOC(=O)COc1cccc(-c2ccccc2)n1. The Hall–Kier alpha value is -2.36. The number of ether oxygens (including phenoxy) is 2. The lowest BCUT2D eigenvalue weighted by atomic mass is 10.1. The van der Waals surface area contributed by atoms with E-state index in [1.54, 1.807) is 13.0 Å². The summed E-state index contributed by atoms with van der Waals surface area (Å²) in [7, 11) is 0. The van der Waals surface area contributed by atoms with Gasteiger partial charge >= 0.3 is 5.97 Å². The Bertz CT molecular complexity index is 540. The van der Waals surface area contributed by atoms with Crippen LogP contribution in [-0.2, 0) is 9.53 Å². The first-order valence-electron chi connectivity index (χ1n) is 6.10. The summed E-state index contributed by atoms with van der Waals surface area (Å²) in [6.07, 6.45) is 0. The van der Waals surface area contributed by atoms with Crippen molar-refractivity contribution in [2.24, 2.45) is 0 Å². The zero-order chi connectivity index (χ0) is 13.5. The van der Waals surface area contributed by atoms with Gasteiger partial charge in [0, 0.05) is 11.6 Å². The molecule has 2 aromatic rings. The largest absolute Gasteiger partial charge is 0.466 e. The van der Waals surface area contributed by atoms with Crippen LogP contribution < -0.4 is 4.74 Å². The normalized spacial score (nSPS) is 9.95. The molecule has 19 heavy (non-hydrogen) atoms. The summed E-state index contributed by atoms with van der Waals surface area (Å²) in [5, 5.41) is 0. The first-order valence-corrected chi connectivity index (χ1v) is 6.10. The molecule has 0 saturated heterocycles. The van der Waals surface area contributed by atoms with Gasteiger partial charge in [-0.2, -0.15) is 0 Å². The second-order valence-corrected chi connectivity index (χ2v) is 3.82. The molecule has 0 saturated carbocycles. The van der Waals surface area contributed by atoms with Crippen LogP contribution in [0.1, 0.15) is 6.92 Å². The number of aromatic nitrogens is 1. The Morgan fingerprint density at radius 2 is 1.89 bits per heavy atom. The fourth-order valence-corrected chi connectivity index (χ4v) is 1.60. The summed E-state index contributed by atoms with van der Waals surface area (Å²) in [4.78, 5) is 15.5.